The summed E-state index contributed by atoms with van der Waals surface area (Å²) in [7, 11) is 0. The summed E-state index contributed by atoms with van der Waals surface area (Å²) in [6.45, 7) is 3.66. The molecule has 2 aromatic heterocycles. The number of ketones is 1. The van der Waals surface area contributed by atoms with Crippen LogP contribution in [0.5, 0.6) is 0 Å². The van der Waals surface area contributed by atoms with Crippen LogP contribution in [0.3, 0.4) is 0 Å². The SMILES string of the molecule is Cc1ccc(-c2nc(CCC(=O)c3ccc(/C=C4\SC(=O)NC4=O)cc3)c(C)o2)o1. The molecule has 30 heavy (non-hydrogen) atoms. The van der Waals surface area contributed by atoms with E-state index in [2.05, 4.69) is 10.3 Å². The zero-order valence-corrected chi connectivity index (χ0v) is 17.2. The second-order valence-electron chi connectivity index (χ2n) is 6.83. The van der Waals surface area contributed by atoms with Crippen molar-refractivity contribution in [1.82, 2.24) is 10.3 Å². The van der Waals surface area contributed by atoms with E-state index >= 15 is 0 Å². The zero-order chi connectivity index (χ0) is 21.3. The minimum Gasteiger partial charge on any atom is -0.456 e. The highest BCUT2D eigenvalue weighted by atomic mass is 32.2. The average Bonchev–Trinajstić information content (AvgIpc) is 3.39. The summed E-state index contributed by atoms with van der Waals surface area (Å²) in [5, 5.41) is 1.83. The van der Waals surface area contributed by atoms with Gasteiger partial charge in [0.25, 0.3) is 17.0 Å². The molecule has 0 saturated carbocycles. The fraction of sp³-hybridized carbons (Fsp3) is 0.182. The van der Waals surface area contributed by atoms with Crippen LogP contribution in [0.25, 0.3) is 17.7 Å². The first kappa shape index (κ1) is 19.9. The minimum atomic E-state index is -0.405. The van der Waals surface area contributed by atoms with Gasteiger partial charge in [-0.05, 0) is 49.4 Å². The van der Waals surface area contributed by atoms with Gasteiger partial charge >= 0.3 is 0 Å². The van der Waals surface area contributed by atoms with Gasteiger partial charge in [0.15, 0.2) is 11.5 Å². The van der Waals surface area contributed by atoms with Crippen molar-refractivity contribution in [3.63, 3.8) is 0 Å². The summed E-state index contributed by atoms with van der Waals surface area (Å²) in [6, 6.07) is 10.6. The van der Waals surface area contributed by atoms with E-state index in [4.69, 9.17) is 8.83 Å². The van der Waals surface area contributed by atoms with E-state index in [0.717, 1.165) is 28.8 Å². The lowest BCUT2D eigenvalue weighted by molar-refractivity contribution is -0.115. The summed E-state index contributed by atoms with van der Waals surface area (Å²) >= 11 is 0.860. The van der Waals surface area contributed by atoms with Crippen molar-refractivity contribution in [1.29, 1.82) is 0 Å². The van der Waals surface area contributed by atoms with Gasteiger partial charge in [-0.25, -0.2) is 4.98 Å². The molecule has 0 unspecified atom stereocenters. The molecule has 152 valence electrons. The Morgan fingerprint density at radius 2 is 1.87 bits per heavy atom. The van der Waals surface area contributed by atoms with Gasteiger partial charge in [0.1, 0.15) is 11.5 Å². The monoisotopic (exact) mass is 422 g/mol. The van der Waals surface area contributed by atoms with E-state index in [-0.39, 0.29) is 17.4 Å². The molecule has 1 aliphatic rings. The number of hydrogen-bond donors (Lipinski definition) is 1. The second-order valence-corrected chi connectivity index (χ2v) is 7.84. The number of benzene rings is 1. The van der Waals surface area contributed by atoms with E-state index in [0.29, 0.717) is 34.3 Å². The Kier molecular flexibility index (Phi) is 5.41. The molecule has 7 nitrogen and oxygen atoms in total. The van der Waals surface area contributed by atoms with Crippen molar-refractivity contribution in [2.45, 2.75) is 26.7 Å². The molecule has 1 N–H and O–H groups in total. The molecule has 0 bridgehead atoms. The number of furan rings is 1. The molecule has 3 aromatic rings. The van der Waals surface area contributed by atoms with Gasteiger partial charge in [0.2, 0.25) is 0 Å². The van der Waals surface area contributed by atoms with Gasteiger partial charge in [0.05, 0.1) is 10.6 Å². The Labute approximate surface area is 176 Å². The standard InChI is InChI=1S/C22H18N2O5S/c1-12-3-10-18(28-12)21-23-16(13(2)29-21)8-9-17(25)15-6-4-14(5-7-15)11-19-20(26)24-22(27)30-19/h3-7,10-11H,8-9H2,1-2H3,(H,24,26,27)/b19-11-. The number of amides is 2. The predicted molar refractivity (Wildman–Crippen MR) is 112 cm³/mol. The average molecular weight is 422 g/mol. The summed E-state index contributed by atoms with van der Waals surface area (Å²) in [4.78, 5) is 40.2. The molecule has 0 spiro atoms. The van der Waals surface area contributed by atoms with Gasteiger partial charge < -0.3 is 8.83 Å². The number of imide groups is 1. The maximum Gasteiger partial charge on any atom is 0.290 e. The van der Waals surface area contributed by atoms with Crippen molar-refractivity contribution in [2.24, 2.45) is 0 Å². The third kappa shape index (κ3) is 4.28. The van der Waals surface area contributed by atoms with Crippen LogP contribution < -0.4 is 5.32 Å². The van der Waals surface area contributed by atoms with Gasteiger partial charge in [-0.15, -0.1) is 0 Å². The lowest BCUT2D eigenvalue weighted by Crippen LogP contribution is -2.17. The van der Waals surface area contributed by atoms with Crippen molar-refractivity contribution in [2.75, 3.05) is 0 Å². The number of Topliss-reactive ketones (excluding diaryl/α,β-unsaturated/α-hetero) is 1. The molecular weight excluding hydrogens is 404 g/mol. The van der Waals surface area contributed by atoms with E-state index in [1.807, 2.05) is 19.9 Å². The summed E-state index contributed by atoms with van der Waals surface area (Å²) in [5.41, 5.74) is 2.03. The van der Waals surface area contributed by atoms with E-state index in [1.54, 1.807) is 36.4 Å². The number of thioether (sulfide) groups is 1. The van der Waals surface area contributed by atoms with Crippen LogP contribution >= 0.6 is 11.8 Å². The highest BCUT2D eigenvalue weighted by molar-refractivity contribution is 8.18. The molecule has 1 aliphatic heterocycles. The van der Waals surface area contributed by atoms with E-state index in [1.165, 1.54) is 0 Å². The number of aromatic nitrogens is 1. The first-order valence-corrected chi connectivity index (χ1v) is 10.1. The third-order valence-electron chi connectivity index (χ3n) is 4.61. The number of hydrogen-bond acceptors (Lipinski definition) is 7. The molecule has 1 fully saturated rings. The van der Waals surface area contributed by atoms with Crippen molar-refractivity contribution >= 4 is 34.8 Å². The van der Waals surface area contributed by atoms with Crippen LogP contribution in [0, 0.1) is 13.8 Å². The molecule has 8 heteroatoms. The van der Waals surface area contributed by atoms with E-state index in [9.17, 15) is 14.4 Å². The highest BCUT2D eigenvalue weighted by Crippen LogP contribution is 2.26. The molecule has 3 heterocycles. The third-order valence-corrected chi connectivity index (χ3v) is 5.42. The van der Waals surface area contributed by atoms with E-state index < -0.39 is 5.91 Å². The quantitative estimate of drug-likeness (QED) is 0.454. The van der Waals surface area contributed by atoms with Crippen molar-refractivity contribution in [3.8, 4) is 11.7 Å². The molecule has 0 aliphatic carbocycles. The summed E-state index contributed by atoms with van der Waals surface area (Å²) in [6.07, 6.45) is 2.37. The topological polar surface area (TPSA) is 102 Å². The largest absolute Gasteiger partial charge is 0.456 e. The molecule has 1 saturated heterocycles. The number of aryl methyl sites for hydroxylation is 3. The Morgan fingerprint density at radius 1 is 1.10 bits per heavy atom. The second kappa shape index (κ2) is 8.16. The maximum absolute atomic E-state index is 12.6. The molecule has 0 radical (unpaired) electrons. The highest BCUT2D eigenvalue weighted by Gasteiger charge is 2.24. The van der Waals surface area contributed by atoms with Crippen molar-refractivity contribution < 1.29 is 23.2 Å². The Morgan fingerprint density at radius 3 is 2.50 bits per heavy atom. The van der Waals surface area contributed by atoms with Crippen LogP contribution in [-0.2, 0) is 11.2 Å². The fourth-order valence-corrected chi connectivity index (χ4v) is 3.71. The fourth-order valence-electron chi connectivity index (χ4n) is 3.03. The Bertz CT molecular complexity index is 1170. The molecule has 4 rings (SSSR count). The van der Waals surface area contributed by atoms with Gasteiger partial charge in [-0.3, -0.25) is 19.7 Å². The minimum absolute atomic E-state index is 0.0184. The molecule has 2 amide bonds. The van der Waals surface area contributed by atoms with Crippen LogP contribution in [-0.4, -0.2) is 21.9 Å². The smallest absolute Gasteiger partial charge is 0.290 e. The number of nitrogens with one attached hydrogen (secondary N) is 1. The first-order chi connectivity index (χ1) is 14.4. The lowest BCUT2D eigenvalue weighted by Gasteiger charge is -2.02. The lowest BCUT2D eigenvalue weighted by atomic mass is 10.0. The normalized spacial score (nSPS) is 15.1. The Balaban J connectivity index is 1.40. The number of nitrogens with zero attached hydrogens (tertiary/aromatic N) is 1. The summed E-state index contributed by atoms with van der Waals surface area (Å²) < 4.78 is 11.2. The molecular formula is C22H18N2O5S. The number of carbonyl (C=O) groups is 3. The van der Waals surface area contributed by atoms with Crippen molar-refractivity contribution in [3.05, 3.63) is 69.6 Å². The van der Waals surface area contributed by atoms with Crippen LogP contribution in [0.15, 0.2) is 50.1 Å². The number of carbonyl (C=O) groups excluding carboxylic acids is 3. The number of oxazole rings is 1. The van der Waals surface area contributed by atoms with Gasteiger partial charge in [0, 0.05) is 18.4 Å². The predicted octanol–water partition coefficient (Wildman–Crippen LogP) is 4.69. The summed E-state index contributed by atoms with van der Waals surface area (Å²) in [5.74, 6) is 1.99. The van der Waals surface area contributed by atoms with Crippen LogP contribution in [0.2, 0.25) is 0 Å². The van der Waals surface area contributed by atoms with Crippen LogP contribution in [0.1, 0.15) is 39.6 Å². The number of rotatable bonds is 6. The Hall–Kier alpha value is -3.39. The van der Waals surface area contributed by atoms with Crippen LogP contribution in [0.4, 0.5) is 4.79 Å². The van der Waals surface area contributed by atoms with Gasteiger partial charge in [-0.2, -0.15) is 0 Å². The first-order valence-electron chi connectivity index (χ1n) is 9.30. The maximum atomic E-state index is 12.6. The molecule has 0 atom stereocenters. The molecule has 1 aromatic carbocycles. The van der Waals surface area contributed by atoms with Gasteiger partial charge in [-0.1, -0.05) is 24.3 Å². The zero-order valence-electron chi connectivity index (χ0n) is 16.4.